The van der Waals surface area contributed by atoms with Gasteiger partial charge in [0.05, 0.1) is 6.20 Å². The van der Waals surface area contributed by atoms with Gasteiger partial charge in [-0.1, -0.05) is 38.1 Å². The number of nitrogens with zero attached hydrogens (tertiary/aromatic N) is 4. The Hall–Kier alpha value is -3.54. The number of aryl methyl sites for hydroxylation is 1. The molecule has 3 aromatic heterocycles. The second kappa shape index (κ2) is 7.78. The van der Waals surface area contributed by atoms with Crippen molar-refractivity contribution in [2.24, 2.45) is 5.73 Å². The number of rotatable bonds is 3. The molecule has 0 aliphatic rings. The smallest absolute Gasteiger partial charge is 0.267 e. The second-order valence-corrected chi connectivity index (χ2v) is 5.72. The monoisotopic (exact) mass is 359 g/mol. The maximum absolute atomic E-state index is 11.6. The molecule has 1 amide bonds. The number of aromatic nitrogens is 4. The zero-order chi connectivity index (χ0) is 19.4. The van der Waals surface area contributed by atoms with E-state index in [0.29, 0.717) is 17.2 Å². The molecule has 0 fully saturated rings. The molecule has 136 valence electrons. The lowest BCUT2D eigenvalue weighted by atomic mass is 10.0. The molecule has 0 saturated heterocycles. The first kappa shape index (κ1) is 18.3. The second-order valence-electron chi connectivity index (χ2n) is 5.72. The molecule has 1 aromatic carbocycles. The van der Waals surface area contributed by atoms with Crippen LogP contribution in [0.15, 0.2) is 61.1 Å². The summed E-state index contributed by atoms with van der Waals surface area (Å²) in [5.41, 5.74) is 10.2. The third-order valence-electron chi connectivity index (χ3n) is 4.03. The van der Waals surface area contributed by atoms with E-state index in [0.717, 1.165) is 22.4 Å². The Morgan fingerprint density at radius 1 is 1.00 bits per heavy atom. The Balaban J connectivity index is 0.00000102. The number of primary amides is 1. The molecule has 0 aliphatic carbocycles. The highest BCUT2D eigenvalue weighted by atomic mass is 16.1. The van der Waals surface area contributed by atoms with Crippen molar-refractivity contribution in [3.8, 4) is 22.5 Å². The van der Waals surface area contributed by atoms with E-state index >= 15 is 0 Å². The van der Waals surface area contributed by atoms with Crippen molar-refractivity contribution in [3.63, 3.8) is 0 Å². The van der Waals surface area contributed by atoms with Crippen LogP contribution in [0.5, 0.6) is 0 Å². The SMILES string of the molecule is CC.Cc1ccnc(-c2ccccc2-c2ccc3ncc(C(N)=O)n3c2)n1. The van der Waals surface area contributed by atoms with Crippen LogP contribution in [0.1, 0.15) is 30.0 Å². The lowest BCUT2D eigenvalue weighted by molar-refractivity contribution is 0.0995. The molecule has 3 heterocycles. The van der Waals surface area contributed by atoms with Crippen LogP contribution < -0.4 is 5.73 Å². The van der Waals surface area contributed by atoms with E-state index in [9.17, 15) is 4.79 Å². The molecule has 0 saturated carbocycles. The molecular formula is C21H21N5O. The highest BCUT2D eigenvalue weighted by molar-refractivity contribution is 5.92. The lowest BCUT2D eigenvalue weighted by Gasteiger charge is -2.10. The van der Waals surface area contributed by atoms with Crippen molar-refractivity contribution < 1.29 is 4.79 Å². The predicted octanol–water partition coefficient (Wildman–Crippen LogP) is 3.89. The topological polar surface area (TPSA) is 86.2 Å². The van der Waals surface area contributed by atoms with Gasteiger partial charge in [0, 0.05) is 23.7 Å². The van der Waals surface area contributed by atoms with Gasteiger partial charge in [-0.3, -0.25) is 9.20 Å². The summed E-state index contributed by atoms with van der Waals surface area (Å²) in [6, 6.07) is 13.6. The summed E-state index contributed by atoms with van der Waals surface area (Å²) in [4.78, 5) is 24.7. The normalized spacial score (nSPS) is 10.3. The molecule has 4 aromatic rings. The van der Waals surface area contributed by atoms with E-state index in [1.54, 1.807) is 10.6 Å². The van der Waals surface area contributed by atoms with E-state index < -0.39 is 5.91 Å². The summed E-state index contributed by atoms with van der Waals surface area (Å²) in [5.74, 6) is 0.149. The van der Waals surface area contributed by atoms with E-state index in [1.807, 2.05) is 69.4 Å². The summed E-state index contributed by atoms with van der Waals surface area (Å²) in [6.45, 7) is 5.93. The molecule has 0 bridgehead atoms. The first-order valence-electron chi connectivity index (χ1n) is 8.80. The number of carbonyl (C=O) groups is 1. The average molecular weight is 359 g/mol. The maximum Gasteiger partial charge on any atom is 0.267 e. The van der Waals surface area contributed by atoms with Gasteiger partial charge >= 0.3 is 0 Å². The van der Waals surface area contributed by atoms with Gasteiger partial charge in [-0.15, -0.1) is 0 Å². The molecule has 0 unspecified atom stereocenters. The van der Waals surface area contributed by atoms with Crippen molar-refractivity contribution in [1.82, 2.24) is 19.4 Å². The fraction of sp³-hybridized carbons (Fsp3) is 0.143. The summed E-state index contributed by atoms with van der Waals surface area (Å²) in [6.07, 6.45) is 5.09. The van der Waals surface area contributed by atoms with Crippen LogP contribution in [0.2, 0.25) is 0 Å². The summed E-state index contributed by atoms with van der Waals surface area (Å²) in [7, 11) is 0. The Bertz CT molecular complexity index is 1100. The molecule has 6 heteroatoms. The average Bonchev–Trinajstić information content (AvgIpc) is 3.13. The minimum Gasteiger partial charge on any atom is -0.364 e. The van der Waals surface area contributed by atoms with Gasteiger partial charge in [-0.05, 0) is 36.2 Å². The zero-order valence-electron chi connectivity index (χ0n) is 15.5. The van der Waals surface area contributed by atoms with Gasteiger partial charge in [0.1, 0.15) is 11.3 Å². The van der Waals surface area contributed by atoms with Crippen molar-refractivity contribution in [1.29, 1.82) is 0 Å². The molecule has 0 aliphatic heterocycles. The number of hydrogen-bond donors (Lipinski definition) is 1. The van der Waals surface area contributed by atoms with E-state index in [2.05, 4.69) is 15.0 Å². The number of nitrogens with two attached hydrogens (primary N) is 1. The minimum absolute atomic E-state index is 0.348. The molecule has 4 rings (SSSR count). The van der Waals surface area contributed by atoms with Crippen LogP contribution in [0.4, 0.5) is 0 Å². The van der Waals surface area contributed by atoms with Gasteiger partial charge in [-0.25, -0.2) is 15.0 Å². The maximum atomic E-state index is 11.6. The van der Waals surface area contributed by atoms with E-state index in [-0.39, 0.29) is 0 Å². The molecule has 27 heavy (non-hydrogen) atoms. The van der Waals surface area contributed by atoms with Gasteiger partial charge in [0.2, 0.25) is 0 Å². The molecule has 6 nitrogen and oxygen atoms in total. The Kier molecular flexibility index (Phi) is 5.26. The van der Waals surface area contributed by atoms with E-state index in [1.165, 1.54) is 6.20 Å². The van der Waals surface area contributed by atoms with Crippen LogP contribution in [0, 0.1) is 6.92 Å². The van der Waals surface area contributed by atoms with E-state index in [4.69, 9.17) is 5.73 Å². The first-order chi connectivity index (χ1) is 13.1. The van der Waals surface area contributed by atoms with Crippen LogP contribution >= 0.6 is 0 Å². The molecule has 0 atom stereocenters. The Labute approximate surface area is 157 Å². The molecule has 2 N–H and O–H groups in total. The quantitative estimate of drug-likeness (QED) is 0.601. The summed E-state index contributed by atoms with van der Waals surface area (Å²) < 4.78 is 1.70. The van der Waals surface area contributed by atoms with Crippen molar-refractivity contribution in [2.45, 2.75) is 20.8 Å². The van der Waals surface area contributed by atoms with Gasteiger partial charge < -0.3 is 5.73 Å². The Morgan fingerprint density at radius 2 is 1.74 bits per heavy atom. The number of amides is 1. The fourth-order valence-corrected chi connectivity index (χ4v) is 2.83. The van der Waals surface area contributed by atoms with Crippen molar-refractivity contribution in [2.75, 3.05) is 0 Å². The number of pyridine rings is 1. The summed E-state index contributed by atoms with van der Waals surface area (Å²) in [5, 5.41) is 0. The van der Waals surface area contributed by atoms with Crippen LogP contribution in [-0.2, 0) is 0 Å². The van der Waals surface area contributed by atoms with Crippen molar-refractivity contribution >= 4 is 11.6 Å². The standard InChI is InChI=1S/C19H15N5O.C2H6/c1-12-8-9-21-19(23-12)15-5-3-2-4-14(15)13-6-7-17-22-10-16(18(20)25)24(17)11-13;1-2/h2-11H,1H3,(H2,20,25);1-2H3. The predicted molar refractivity (Wildman–Crippen MR) is 106 cm³/mol. The van der Waals surface area contributed by atoms with Crippen molar-refractivity contribution in [3.05, 3.63) is 72.4 Å². The summed E-state index contributed by atoms with van der Waals surface area (Å²) >= 11 is 0. The molecule has 0 spiro atoms. The number of carbonyl (C=O) groups excluding carboxylic acids is 1. The van der Waals surface area contributed by atoms with Gasteiger partial charge in [0.25, 0.3) is 5.91 Å². The highest BCUT2D eigenvalue weighted by Gasteiger charge is 2.13. The largest absolute Gasteiger partial charge is 0.364 e. The number of imidazole rings is 1. The molecular weight excluding hydrogens is 338 g/mol. The third kappa shape index (κ3) is 3.55. The first-order valence-corrected chi connectivity index (χ1v) is 8.80. The fourth-order valence-electron chi connectivity index (χ4n) is 2.83. The molecule has 0 radical (unpaired) electrons. The highest BCUT2D eigenvalue weighted by Crippen LogP contribution is 2.30. The number of benzene rings is 1. The number of fused-ring (bicyclic) bond motifs is 1. The van der Waals surface area contributed by atoms with Crippen LogP contribution in [-0.4, -0.2) is 25.3 Å². The lowest BCUT2D eigenvalue weighted by Crippen LogP contribution is -2.13. The van der Waals surface area contributed by atoms with Crippen LogP contribution in [0.25, 0.3) is 28.2 Å². The van der Waals surface area contributed by atoms with Crippen LogP contribution in [0.3, 0.4) is 0 Å². The Morgan fingerprint density at radius 3 is 2.44 bits per heavy atom. The number of hydrogen-bond acceptors (Lipinski definition) is 4. The zero-order valence-corrected chi connectivity index (χ0v) is 15.5. The van der Waals surface area contributed by atoms with Gasteiger partial charge in [0.15, 0.2) is 5.82 Å². The van der Waals surface area contributed by atoms with Gasteiger partial charge in [-0.2, -0.15) is 0 Å². The third-order valence-corrected chi connectivity index (χ3v) is 4.03. The minimum atomic E-state index is -0.514.